The van der Waals surface area contributed by atoms with E-state index in [9.17, 15) is 9.59 Å². The quantitative estimate of drug-likeness (QED) is 0.859. The normalized spacial score (nSPS) is 19.1. The van der Waals surface area contributed by atoms with E-state index >= 15 is 0 Å². The van der Waals surface area contributed by atoms with Crippen LogP contribution >= 0.6 is 0 Å². The second-order valence-corrected chi connectivity index (χ2v) is 5.97. The Morgan fingerprint density at radius 2 is 1.82 bits per heavy atom. The summed E-state index contributed by atoms with van der Waals surface area (Å²) in [4.78, 5) is 25.1. The smallest absolute Gasteiger partial charge is 0.428 e. The van der Waals surface area contributed by atoms with Gasteiger partial charge in [-0.15, -0.1) is 0 Å². The van der Waals surface area contributed by atoms with Crippen LogP contribution in [0.4, 0.5) is 4.79 Å². The molecule has 2 amide bonds. The summed E-state index contributed by atoms with van der Waals surface area (Å²) in [7, 11) is 0. The number of hydrogen-bond acceptors (Lipinski definition) is 3. The zero-order chi connectivity index (χ0) is 15.6. The van der Waals surface area contributed by atoms with Gasteiger partial charge in [0, 0.05) is 13.1 Å². The van der Waals surface area contributed by atoms with Crippen LogP contribution in [0.25, 0.3) is 0 Å². The number of nitrogens with zero attached hydrogens (tertiary/aromatic N) is 2. The van der Waals surface area contributed by atoms with Crippen LogP contribution in [0.3, 0.4) is 0 Å². The number of benzene rings is 1. The highest BCUT2D eigenvalue weighted by molar-refractivity contribution is 5.92. The third-order valence-electron chi connectivity index (χ3n) is 4.39. The van der Waals surface area contributed by atoms with Crippen LogP contribution in [0.15, 0.2) is 30.3 Å². The molecule has 1 heterocycles. The molecule has 0 bridgehead atoms. The molecule has 1 saturated heterocycles. The first kappa shape index (κ1) is 14.9. The van der Waals surface area contributed by atoms with E-state index in [2.05, 4.69) is 0 Å². The molecule has 1 saturated carbocycles. The lowest BCUT2D eigenvalue weighted by Crippen LogP contribution is -2.49. The molecule has 1 aliphatic carbocycles. The fourth-order valence-corrected chi connectivity index (χ4v) is 3.03. The summed E-state index contributed by atoms with van der Waals surface area (Å²) in [6, 6.07) is 9.87. The lowest BCUT2D eigenvalue weighted by atomic mass is 9.95. The van der Waals surface area contributed by atoms with Gasteiger partial charge in [-0.1, -0.05) is 37.3 Å². The van der Waals surface area contributed by atoms with Gasteiger partial charge >= 0.3 is 6.09 Å². The molecule has 22 heavy (non-hydrogen) atoms. The Labute approximate surface area is 130 Å². The monoisotopic (exact) mass is 302 g/mol. The average molecular weight is 302 g/mol. The fourth-order valence-electron chi connectivity index (χ4n) is 3.03. The van der Waals surface area contributed by atoms with Crippen LogP contribution in [0, 0.1) is 0 Å². The summed E-state index contributed by atoms with van der Waals surface area (Å²) in [5.41, 5.74) is 0.614. The molecule has 2 aliphatic rings. The Hall–Kier alpha value is -2.04. The number of ether oxygens (including phenoxy) is 1. The van der Waals surface area contributed by atoms with Gasteiger partial charge in [-0.3, -0.25) is 4.79 Å². The minimum Gasteiger partial charge on any atom is -0.448 e. The van der Waals surface area contributed by atoms with E-state index in [1.807, 2.05) is 37.3 Å². The number of hydrogen-bond donors (Lipinski definition) is 0. The molecular weight excluding hydrogens is 280 g/mol. The van der Waals surface area contributed by atoms with E-state index in [1.165, 1.54) is 5.01 Å². The van der Waals surface area contributed by atoms with E-state index in [1.54, 1.807) is 5.01 Å². The summed E-state index contributed by atoms with van der Waals surface area (Å²) in [6.45, 7) is 3.49. The largest absolute Gasteiger partial charge is 0.448 e. The molecule has 118 valence electrons. The van der Waals surface area contributed by atoms with Gasteiger partial charge in [0.15, 0.2) is 0 Å². The predicted molar refractivity (Wildman–Crippen MR) is 82.0 cm³/mol. The highest BCUT2D eigenvalue weighted by atomic mass is 16.6. The van der Waals surface area contributed by atoms with Crippen LogP contribution < -0.4 is 0 Å². The summed E-state index contributed by atoms with van der Waals surface area (Å²) in [5, 5.41) is 3.07. The Kier molecular flexibility index (Phi) is 4.05. The van der Waals surface area contributed by atoms with E-state index in [0.717, 1.165) is 31.2 Å². The van der Waals surface area contributed by atoms with Crippen molar-refractivity contribution in [3.05, 3.63) is 35.9 Å². The zero-order valence-electron chi connectivity index (χ0n) is 13.0. The first-order valence-electron chi connectivity index (χ1n) is 8.01. The van der Waals surface area contributed by atoms with Crippen molar-refractivity contribution in [2.75, 3.05) is 19.7 Å². The minimum absolute atomic E-state index is 0.0321. The van der Waals surface area contributed by atoms with Crippen molar-refractivity contribution in [2.45, 2.75) is 38.0 Å². The van der Waals surface area contributed by atoms with E-state index < -0.39 is 11.5 Å². The SMILES string of the molecule is CCCOC(=O)N1CCCN1C(=O)C1(c2ccccc2)CC1. The first-order valence-corrected chi connectivity index (χ1v) is 8.01. The molecule has 2 fully saturated rings. The van der Waals surface area contributed by atoms with Crippen molar-refractivity contribution in [3.8, 4) is 0 Å². The molecule has 1 aromatic carbocycles. The highest BCUT2D eigenvalue weighted by Crippen LogP contribution is 2.50. The Morgan fingerprint density at radius 1 is 1.14 bits per heavy atom. The Balaban J connectivity index is 1.75. The van der Waals surface area contributed by atoms with Crippen LogP contribution in [0.1, 0.15) is 38.2 Å². The maximum Gasteiger partial charge on any atom is 0.428 e. The van der Waals surface area contributed by atoms with Crippen LogP contribution in [0.2, 0.25) is 0 Å². The van der Waals surface area contributed by atoms with Gasteiger partial charge in [-0.05, 0) is 31.2 Å². The molecule has 0 unspecified atom stereocenters. The molecule has 5 heteroatoms. The number of carbonyl (C=O) groups excluding carboxylic acids is 2. The molecule has 3 rings (SSSR count). The number of hydrazine groups is 1. The van der Waals surface area contributed by atoms with E-state index in [-0.39, 0.29) is 5.91 Å². The molecule has 0 radical (unpaired) electrons. The Morgan fingerprint density at radius 3 is 2.45 bits per heavy atom. The van der Waals surface area contributed by atoms with Gasteiger partial charge in [-0.25, -0.2) is 14.8 Å². The predicted octanol–water partition coefficient (Wildman–Crippen LogP) is 2.71. The van der Waals surface area contributed by atoms with Crippen LogP contribution in [0.5, 0.6) is 0 Å². The van der Waals surface area contributed by atoms with Gasteiger partial charge in [-0.2, -0.15) is 0 Å². The lowest BCUT2D eigenvalue weighted by molar-refractivity contribution is -0.144. The molecule has 0 spiro atoms. The van der Waals surface area contributed by atoms with Gasteiger partial charge in [0.2, 0.25) is 0 Å². The van der Waals surface area contributed by atoms with E-state index in [4.69, 9.17) is 4.74 Å². The second kappa shape index (κ2) is 5.99. The molecule has 1 aromatic rings. The molecule has 5 nitrogen and oxygen atoms in total. The highest BCUT2D eigenvalue weighted by Gasteiger charge is 2.55. The van der Waals surface area contributed by atoms with Crippen LogP contribution in [-0.4, -0.2) is 41.7 Å². The van der Waals surface area contributed by atoms with Gasteiger partial charge in [0.25, 0.3) is 5.91 Å². The zero-order valence-corrected chi connectivity index (χ0v) is 13.0. The number of amides is 2. The molecule has 1 aliphatic heterocycles. The summed E-state index contributed by atoms with van der Waals surface area (Å²) in [5.74, 6) is 0.0321. The summed E-state index contributed by atoms with van der Waals surface area (Å²) < 4.78 is 5.19. The second-order valence-electron chi connectivity index (χ2n) is 5.97. The maximum absolute atomic E-state index is 13.0. The van der Waals surface area contributed by atoms with Crippen molar-refractivity contribution in [1.29, 1.82) is 0 Å². The fraction of sp³-hybridized carbons (Fsp3) is 0.529. The van der Waals surface area contributed by atoms with Crippen molar-refractivity contribution in [2.24, 2.45) is 0 Å². The lowest BCUT2D eigenvalue weighted by Gasteiger charge is -2.30. The molecular formula is C17H22N2O3. The van der Waals surface area contributed by atoms with Crippen molar-refractivity contribution in [1.82, 2.24) is 10.0 Å². The van der Waals surface area contributed by atoms with Gasteiger partial charge < -0.3 is 4.74 Å². The third kappa shape index (κ3) is 2.56. The Bertz CT molecular complexity index is 554. The molecule has 0 N–H and O–H groups in total. The van der Waals surface area contributed by atoms with Gasteiger partial charge in [0.1, 0.15) is 0 Å². The number of carbonyl (C=O) groups is 2. The van der Waals surface area contributed by atoms with Crippen molar-refractivity contribution < 1.29 is 14.3 Å². The first-order chi connectivity index (χ1) is 10.7. The molecule has 0 atom stereocenters. The average Bonchev–Trinajstić information content (AvgIpc) is 3.23. The third-order valence-corrected chi connectivity index (χ3v) is 4.39. The topological polar surface area (TPSA) is 49.9 Å². The maximum atomic E-state index is 13.0. The molecule has 0 aromatic heterocycles. The van der Waals surface area contributed by atoms with Crippen molar-refractivity contribution in [3.63, 3.8) is 0 Å². The summed E-state index contributed by atoms with van der Waals surface area (Å²) >= 11 is 0. The van der Waals surface area contributed by atoms with E-state index in [0.29, 0.717) is 19.7 Å². The number of rotatable bonds is 4. The minimum atomic E-state index is -0.436. The van der Waals surface area contributed by atoms with Gasteiger partial charge in [0.05, 0.1) is 12.0 Å². The van der Waals surface area contributed by atoms with Crippen LogP contribution in [-0.2, 0) is 14.9 Å². The standard InChI is InChI=1S/C17H22N2O3/c1-2-13-22-16(21)19-12-6-11-18(19)15(20)17(9-10-17)14-7-4-3-5-8-14/h3-5,7-8H,2,6,9-13H2,1H3. The van der Waals surface area contributed by atoms with Crippen molar-refractivity contribution >= 4 is 12.0 Å². The summed E-state index contributed by atoms with van der Waals surface area (Å²) in [6.07, 6.45) is 2.88.